The molecule has 1 aromatic heterocycles. The smallest absolute Gasteiger partial charge is 0.255 e. The molecule has 0 spiro atoms. The van der Waals surface area contributed by atoms with E-state index in [9.17, 15) is 4.79 Å². The molecular weight excluding hydrogens is 332 g/mol. The molecule has 98 valence electrons. The van der Waals surface area contributed by atoms with Gasteiger partial charge in [0, 0.05) is 17.6 Å². The second-order valence-electron chi connectivity index (χ2n) is 4.29. The normalized spacial score (nSPS) is 14.3. The summed E-state index contributed by atoms with van der Waals surface area (Å²) in [5.74, 6) is 0.714. The van der Waals surface area contributed by atoms with E-state index in [0.717, 1.165) is 10.3 Å². The number of fused-ring (bicyclic) bond motifs is 1. The van der Waals surface area contributed by atoms with Gasteiger partial charge in [-0.2, -0.15) is 0 Å². The molecule has 0 bridgehead atoms. The van der Waals surface area contributed by atoms with Gasteiger partial charge in [-0.05, 0) is 18.2 Å². The fourth-order valence-electron chi connectivity index (χ4n) is 2.07. The first-order chi connectivity index (χ1) is 9.15. The van der Waals surface area contributed by atoms with Crippen LogP contribution in [0, 0.1) is 0 Å². The van der Waals surface area contributed by atoms with Gasteiger partial charge in [0.15, 0.2) is 5.82 Å². The van der Waals surface area contributed by atoms with Crippen LogP contribution in [0.1, 0.15) is 16.2 Å². The quantitative estimate of drug-likeness (QED) is 0.800. The molecule has 7 heteroatoms. The predicted molar refractivity (Wildman–Crippen MR) is 73.9 cm³/mol. The number of carbonyl (C=O) groups is 1. The molecule has 0 fully saturated rings. The Kier molecular flexibility index (Phi) is 3.28. The van der Waals surface area contributed by atoms with E-state index in [0.29, 0.717) is 30.2 Å². The van der Waals surface area contributed by atoms with Crippen LogP contribution in [-0.2, 0) is 13.1 Å². The molecule has 1 amide bonds. The average molecular weight is 342 g/mol. The maximum Gasteiger partial charge on any atom is 0.255 e. The molecule has 2 heterocycles. The summed E-state index contributed by atoms with van der Waals surface area (Å²) in [7, 11) is 0. The van der Waals surface area contributed by atoms with Crippen LogP contribution in [0.3, 0.4) is 0 Å². The van der Waals surface area contributed by atoms with Crippen molar-refractivity contribution in [1.29, 1.82) is 0 Å². The number of hydrogen-bond donors (Lipinski definition) is 0. The maximum absolute atomic E-state index is 12.5. The summed E-state index contributed by atoms with van der Waals surface area (Å²) in [5.41, 5.74) is 0.504. The number of halogens is 2. The molecule has 0 unspecified atom stereocenters. The zero-order valence-electron chi connectivity index (χ0n) is 9.88. The van der Waals surface area contributed by atoms with Crippen LogP contribution in [0.5, 0.6) is 0 Å². The summed E-state index contributed by atoms with van der Waals surface area (Å²) in [6.45, 7) is 1.80. The predicted octanol–water partition coefficient (Wildman–Crippen LogP) is 2.35. The molecular formula is C12H10BrClN4O. The van der Waals surface area contributed by atoms with Gasteiger partial charge in [0.25, 0.3) is 5.91 Å². The fraction of sp³-hybridized carbons (Fsp3) is 0.250. The van der Waals surface area contributed by atoms with Gasteiger partial charge in [0.2, 0.25) is 0 Å². The van der Waals surface area contributed by atoms with Crippen LogP contribution in [0.25, 0.3) is 0 Å². The minimum Gasteiger partial charge on any atom is -0.329 e. The Hall–Kier alpha value is -1.40. The van der Waals surface area contributed by atoms with Crippen molar-refractivity contribution in [1.82, 2.24) is 19.7 Å². The Bertz CT molecular complexity index is 642. The molecule has 0 saturated heterocycles. The Labute approximate surface area is 123 Å². The molecule has 2 aromatic rings. The summed E-state index contributed by atoms with van der Waals surface area (Å²) in [4.78, 5) is 14.2. The summed E-state index contributed by atoms with van der Waals surface area (Å²) < 4.78 is 2.78. The second-order valence-corrected chi connectivity index (χ2v) is 5.61. The number of amides is 1. The lowest BCUT2D eigenvalue weighted by Gasteiger charge is -2.27. The van der Waals surface area contributed by atoms with E-state index in [2.05, 4.69) is 26.1 Å². The van der Waals surface area contributed by atoms with Crippen LogP contribution in [0.2, 0.25) is 5.02 Å². The van der Waals surface area contributed by atoms with E-state index in [-0.39, 0.29) is 5.91 Å². The number of benzene rings is 1. The van der Waals surface area contributed by atoms with E-state index in [4.69, 9.17) is 11.6 Å². The first kappa shape index (κ1) is 12.6. The molecule has 0 saturated carbocycles. The molecule has 0 aliphatic carbocycles. The molecule has 1 aromatic carbocycles. The van der Waals surface area contributed by atoms with Gasteiger partial charge in [-0.15, -0.1) is 10.2 Å². The zero-order valence-corrected chi connectivity index (χ0v) is 12.2. The van der Waals surface area contributed by atoms with Crippen molar-refractivity contribution in [2.45, 2.75) is 13.1 Å². The highest BCUT2D eigenvalue weighted by atomic mass is 79.9. The van der Waals surface area contributed by atoms with Gasteiger partial charge >= 0.3 is 0 Å². The van der Waals surface area contributed by atoms with Gasteiger partial charge in [-0.3, -0.25) is 4.79 Å². The Morgan fingerprint density at radius 2 is 2.21 bits per heavy atom. The number of aromatic nitrogens is 3. The molecule has 0 N–H and O–H groups in total. The number of rotatable bonds is 1. The van der Waals surface area contributed by atoms with Crippen molar-refractivity contribution in [3.05, 3.63) is 45.4 Å². The molecule has 0 atom stereocenters. The second kappa shape index (κ2) is 4.94. The van der Waals surface area contributed by atoms with Gasteiger partial charge in [0.1, 0.15) is 6.33 Å². The lowest BCUT2D eigenvalue weighted by Crippen LogP contribution is -2.38. The van der Waals surface area contributed by atoms with E-state index < -0.39 is 0 Å². The van der Waals surface area contributed by atoms with Crippen LogP contribution in [0.4, 0.5) is 0 Å². The van der Waals surface area contributed by atoms with E-state index in [1.54, 1.807) is 23.4 Å². The number of hydrogen-bond acceptors (Lipinski definition) is 3. The van der Waals surface area contributed by atoms with E-state index in [1.807, 2.05) is 10.6 Å². The zero-order chi connectivity index (χ0) is 13.4. The number of nitrogens with zero attached hydrogens (tertiary/aromatic N) is 4. The van der Waals surface area contributed by atoms with Crippen LogP contribution >= 0.6 is 27.5 Å². The van der Waals surface area contributed by atoms with E-state index >= 15 is 0 Å². The SMILES string of the molecule is O=C(c1cc(Br)ccc1Cl)N1CCn2cnnc2C1. The molecule has 5 nitrogen and oxygen atoms in total. The van der Waals surface area contributed by atoms with E-state index in [1.165, 1.54) is 0 Å². The van der Waals surface area contributed by atoms with Gasteiger partial charge in [-0.1, -0.05) is 27.5 Å². The number of carbonyl (C=O) groups excluding carboxylic acids is 1. The van der Waals surface area contributed by atoms with Crippen molar-refractivity contribution >= 4 is 33.4 Å². The van der Waals surface area contributed by atoms with Crippen molar-refractivity contribution in [3.63, 3.8) is 0 Å². The molecule has 1 aliphatic heterocycles. The third-order valence-corrected chi connectivity index (χ3v) is 3.91. The third-order valence-electron chi connectivity index (χ3n) is 3.08. The minimum absolute atomic E-state index is 0.0828. The van der Waals surface area contributed by atoms with Gasteiger partial charge < -0.3 is 9.47 Å². The topological polar surface area (TPSA) is 51.0 Å². The first-order valence-electron chi connectivity index (χ1n) is 5.76. The Balaban J connectivity index is 1.87. The van der Waals surface area contributed by atoms with Crippen LogP contribution in [-0.4, -0.2) is 32.1 Å². The average Bonchev–Trinajstić information content (AvgIpc) is 2.88. The van der Waals surface area contributed by atoms with Gasteiger partial charge in [-0.25, -0.2) is 0 Å². The molecule has 1 aliphatic rings. The van der Waals surface area contributed by atoms with Crippen molar-refractivity contribution in [2.75, 3.05) is 6.54 Å². The Morgan fingerprint density at radius 1 is 1.37 bits per heavy atom. The van der Waals surface area contributed by atoms with Gasteiger partial charge in [0.05, 0.1) is 17.1 Å². The first-order valence-corrected chi connectivity index (χ1v) is 6.93. The monoisotopic (exact) mass is 340 g/mol. The molecule has 3 rings (SSSR count). The standard InChI is InChI=1S/C12H10BrClN4O/c13-8-1-2-10(14)9(5-8)12(19)17-3-4-18-7-15-16-11(18)6-17/h1-2,5,7H,3-4,6H2. The lowest BCUT2D eigenvalue weighted by molar-refractivity contribution is 0.0707. The van der Waals surface area contributed by atoms with Crippen molar-refractivity contribution in [3.8, 4) is 0 Å². The minimum atomic E-state index is -0.0828. The summed E-state index contributed by atoms with van der Waals surface area (Å²) in [5, 5.41) is 8.30. The Morgan fingerprint density at radius 3 is 3.05 bits per heavy atom. The highest BCUT2D eigenvalue weighted by molar-refractivity contribution is 9.10. The van der Waals surface area contributed by atoms with Crippen LogP contribution < -0.4 is 0 Å². The largest absolute Gasteiger partial charge is 0.329 e. The highest BCUT2D eigenvalue weighted by Crippen LogP contribution is 2.23. The fourth-order valence-corrected chi connectivity index (χ4v) is 2.63. The summed E-state index contributed by atoms with van der Waals surface area (Å²) >= 11 is 9.44. The summed E-state index contributed by atoms with van der Waals surface area (Å²) in [6, 6.07) is 5.27. The summed E-state index contributed by atoms with van der Waals surface area (Å²) in [6.07, 6.45) is 1.68. The third kappa shape index (κ3) is 2.37. The highest BCUT2D eigenvalue weighted by Gasteiger charge is 2.24. The van der Waals surface area contributed by atoms with Crippen LogP contribution in [0.15, 0.2) is 29.0 Å². The molecule has 19 heavy (non-hydrogen) atoms. The molecule has 0 radical (unpaired) electrons. The lowest BCUT2D eigenvalue weighted by atomic mass is 10.2. The van der Waals surface area contributed by atoms with Crippen molar-refractivity contribution in [2.24, 2.45) is 0 Å². The van der Waals surface area contributed by atoms with Crippen molar-refractivity contribution < 1.29 is 4.79 Å². The maximum atomic E-state index is 12.5.